The van der Waals surface area contributed by atoms with Gasteiger partial charge in [0.25, 0.3) is 0 Å². The van der Waals surface area contributed by atoms with E-state index in [0.29, 0.717) is 12.1 Å². The van der Waals surface area contributed by atoms with Gasteiger partial charge in [-0.3, -0.25) is 0 Å². The maximum absolute atomic E-state index is 12.3. The molecule has 1 aromatic carbocycles. The molecule has 0 unspecified atom stereocenters. The second-order valence-electron chi connectivity index (χ2n) is 2.64. The fraction of sp³-hybridized carbons (Fsp3) is 0.250. The van der Waals surface area contributed by atoms with Gasteiger partial charge in [0.1, 0.15) is 5.75 Å². The highest BCUT2D eigenvalue weighted by Crippen LogP contribution is 2.40. The first-order valence-electron chi connectivity index (χ1n) is 3.73. The normalized spacial score (nSPS) is 12.0. The third-order valence-corrected chi connectivity index (χ3v) is 2.15. The maximum atomic E-state index is 12.3. The van der Waals surface area contributed by atoms with Crippen LogP contribution in [0.4, 0.5) is 22.0 Å². The molecule has 0 saturated heterocycles. The highest BCUT2D eigenvalue weighted by atomic mass is 35.5. The molecule has 0 amide bonds. The number of hydrogen-bond acceptors (Lipinski definition) is 1. The largest absolute Gasteiger partial charge is 0.433 e. The number of halogens is 7. The standard InChI is InChI=1S/C8H3Cl2F5O/c9-4-2-6(16-7(11)12)5(10)1-3(4)8(13,14)15/h1-2,7H. The molecule has 8 heteroatoms. The van der Waals surface area contributed by atoms with Gasteiger partial charge in [0.05, 0.1) is 15.6 Å². The van der Waals surface area contributed by atoms with Crippen molar-refractivity contribution >= 4 is 23.2 Å². The number of alkyl halides is 5. The van der Waals surface area contributed by atoms with Crippen LogP contribution in [-0.4, -0.2) is 6.61 Å². The van der Waals surface area contributed by atoms with Gasteiger partial charge in [0, 0.05) is 6.07 Å². The van der Waals surface area contributed by atoms with Crippen LogP contribution in [0, 0.1) is 0 Å². The Kier molecular flexibility index (Phi) is 3.85. The van der Waals surface area contributed by atoms with E-state index in [4.69, 9.17) is 23.2 Å². The molecule has 0 aliphatic heterocycles. The van der Waals surface area contributed by atoms with Crippen LogP contribution in [-0.2, 0) is 6.18 Å². The average molecular weight is 281 g/mol. The Labute approximate surface area is 96.7 Å². The van der Waals surface area contributed by atoms with Crippen molar-refractivity contribution in [3.8, 4) is 5.75 Å². The van der Waals surface area contributed by atoms with Crippen LogP contribution in [0.1, 0.15) is 5.56 Å². The van der Waals surface area contributed by atoms with Gasteiger partial charge in [-0.15, -0.1) is 0 Å². The van der Waals surface area contributed by atoms with Gasteiger partial charge in [-0.05, 0) is 6.07 Å². The van der Waals surface area contributed by atoms with Crippen molar-refractivity contribution in [3.05, 3.63) is 27.7 Å². The SMILES string of the molecule is FC(F)Oc1cc(Cl)c(C(F)(F)F)cc1Cl. The first-order chi connectivity index (χ1) is 7.21. The summed E-state index contributed by atoms with van der Waals surface area (Å²) < 4.78 is 64.4. The summed E-state index contributed by atoms with van der Waals surface area (Å²) in [7, 11) is 0. The second kappa shape index (κ2) is 4.63. The van der Waals surface area contributed by atoms with Crippen LogP contribution in [0.15, 0.2) is 12.1 Å². The van der Waals surface area contributed by atoms with Gasteiger partial charge in [-0.25, -0.2) is 0 Å². The fourth-order valence-electron chi connectivity index (χ4n) is 0.932. The van der Waals surface area contributed by atoms with Gasteiger partial charge in [0.15, 0.2) is 0 Å². The molecule has 0 fully saturated rings. The molecule has 0 spiro atoms. The quantitative estimate of drug-likeness (QED) is 0.719. The predicted molar refractivity (Wildman–Crippen MR) is 48.1 cm³/mol. The van der Waals surface area contributed by atoms with E-state index in [2.05, 4.69) is 4.74 Å². The van der Waals surface area contributed by atoms with Crippen LogP contribution in [0.2, 0.25) is 10.0 Å². The molecule has 0 aliphatic carbocycles. The molecule has 0 N–H and O–H groups in total. The minimum atomic E-state index is -4.70. The number of hydrogen-bond donors (Lipinski definition) is 0. The predicted octanol–water partition coefficient (Wildman–Crippen LogP) is 4.61. The molecule has 1 aromatic rings. The Balaban J connectivity index is 3.17. The first-order valence-corrected chi connectivity index (χ1v) is 4.48. The molecule has 0 saturated carbocycles. The van der Waals surface area contributed by atoms with Crippen molar-refractivity contribution in [2.24, 2.45) is 0 Å². The molecule has 1 rings (SSSR count). The molecule has 0 aliphatic rings. The van der Waals surface area contributed by atoms with E-state index in [9.17, 15) is 22.0 Å². The summed E-state index contributed by atoms with van der Waals surface area (Å²) in [6.07, 6.45) is -4.70. The number of rotatable bonds is 2. The molecule has 0 bridgehead atoms. The fourth-order valence-corrected chi connectivity index (χ4v) is 1.40. The molecule has 0 heterocycles. The van der Waals surface area contributed by atoms with Crippen LogP contribution >= 0.6 is 23.2 Å². The van der Waals surface area contributed by atoms with Crippen LogP contribution < -0.4 is 4.74 Å². The molecule has 0 aromatic heterocycles. The molecule has 90 valence electrons. The number of benzene rings is 1. The summed E-state index contributed by atoms with van der Waals surface area (Å²) in [6.45, 7) is -3.19. The summed E-state index contributed by atoms with van der Waals surface area (Å²) in [4.78, 5) is 0. The Hall–Kier alpha value is -0.750. The van der Waals surface area contributed by atoms with E-state index in [1.807, 2.05) is 0 Å². The Morgan fingerprint density at radius 3 is 2.06 bits per heavy atom. The smallest absolute Gasteiger partial charge is 0.417 e. The molecule has 16 heavy (non-hydrogen) atoms. The molecule has 0 atom stereocenters. The van der Waals surface area contributed by atoms with E-state index in [1.54, 1.807) is 0 Å². The second-order valence-corrected chi connectivity index (χ2v) is 3.45. The lowest BCUT2D eigenvalue weighted by Gasteiger charge is -2.12. The van der Waals surface area contributed by atoms with E-state index >= 15 is 0 Å². The zero-order valence-electron chi connectivity index (χ0n) is 7.29. The van der Waals surface area contributed by atoms with E-state index in [0.717, 1.165) is 0 Å². The summed E-state index contributed by atoms with van der Waals surface area (Å²) in [5.74, 6) is -0.602. The highest BCUT2D eigenvalue weighted by Gasteiger charge is 2.34. The van der Waals surface area contributed by atoms with Gasteiger partial charge < -0.3 is 4.74 Å². The lowest BCUT2D eigenvalue weighted by atomic mass is 10.2. The summed E-state index contributed by atoms with van der Waals surface area (Å²) in [5.41, 5.74) is -1.21. The third-order valence-electron chi connectivity index (χ3n) is 1.54. The van der Waals surface area contributed by atoms with Crippen molar-refractivity contribution in [1.29, 1.82) is 0 Å². The van der Waals surface area contributed by atoms with Gasteiger partial charge in [-0.1, -0.05) is 23.2 Å². The number of ether oxygens (including phenoxy) is 1. The lowest BCUT2D eigenvalue weighted by Crippen LogP contribution is -2.08. The van der Waals surface area contributed by atoms with Crippen LogP contribution in [0.3, 0.4) is 0 Å². The van der Waals surface area contributed by atoms with Crippen molar-refractivity contribution in [2.75, 3.05) is 0 Å². The molecule has 0 radical (unpaired) electrons. The lowest BCUT2D eigenvalue weighted by molar-refractivity contribution is -0.137. The summed E-state index contributed by atoms with van der Waals surface area (Å²) >= 11 is 10.6. The Morgan fingerprint density at radius 2 is 1.62 bits per heavy atom. The minimum absolute atomic E-state index is 0.432. The zero-order chi connectivity index (χ0) is 12.5. The van der Waals surface area contributed by atoms with Crippen LogP contribution in [0.5, 0.6) is 5.75 Å². The summed E-state index contributed by atoms with van der Waals surface area (Å²) in [6, 6.07) is 1.03. The first kappa shape index (κ1) is 13.3. The van der Waals surface area contributed by atoms with Gasteiger partial charge in [-0.2, -0.15) is 22.0 Å². The zero-order valence-corrected chi connectivity index (χ0v) is 8.80. The van der Waals surface area contributed by atoms with E-state index in [1.165, 1.54) is 0 Å². The molecule has 1 nitrogen and oxygen atoms in total. The topological polar surface area (TPSA) is 9.23 Å². The third kappa shape index (κ3) is 3.12. The van der Waals surface area contributed by atoms with Crippen molar-refractivity contribution < 1.29 is 26.7 Å². The average Bonchev–Trinajstić information content (AvgIpc) is 2.07. The van der Waals surface area contributed by atoms with Crippen molar-refractivity contribution in [2.45, 2.75) is 12.8 Å². The maximum Gasteiger partial charge on any atom is 0.417 e. The van der Waals surface area contributed by atoms with Crippen LogP contribution in [0.25, 0.3) is 0 Å². The van der Waals surface area contributed by atoms with E-state index in [-0.39, 0.29) is 0 Å². The van der Waals surface area contributed by atoms with Gasteiger partial charge >= 0.3 is 12.8 Å². The molecular formula is C8H3Cl2F5O. The minimum Gasteiger partial charge on any atom is -0.433 e. The van der Waals surface area contributed by atoms with E-state index < -0.39 is 34.1 Å². The van der Waals surface area contributed by atoms with Crippen molar-refractivity contribution in [1.82, 2.24) is 0 Å². The monoisotopic (exact) mass is 280 g/mol. The Bertz CT molecular complexity index is 391. The van der Waals surface area contributed by atoms with Crippen molar-refractivity contribution in [3.63, 3.8) is 0 Å². The van der Waals surface area contributed by atoms with Gasteiger partial charge in [0.2, 0.25) is 0 Å². The highest BCUT2D eigenvalue weighted by molar-refractivity contribution is 6.34. The summed E-state index contributed by atoms with van der Waals surface area (Å²) in [5, 5.41) is -1.34. The Morgan fingerprint density at radius 1 is 1.06 bits per heavy atom. The molecular weight excluding hydrogens is 278 g/mol.